The van der Waals surface area contributed by atoms with Crippen LogP contribution in [-0.4, -0.2) is 44.3 Å². The van der Waals surface area contributed by atoms with Crippen molar-refractivity contribution in [2.45, 2.75) is 25.3 Å². The molecule has 6 heteroatoms. The molecule has 1 amide bonds. The normalized spacial score (nSPS) is 19.6. The predicted molar refractivity (Wildman–Crippen MR) is 59.3 cm³/mol. The number of nitrogens with zero attached hydrogens (tertiary/aromatic N) is 3. The molecule has 17 heavy (non-hydrogen) atoms. The third-order valence-corrected chi connectivity index (χ3v) is 2.97. The average molecular weight is 237 g/mol. The summed E-state index contributed by atoms with van der Waals surface area (Å²) >= 11 is 0. The Morgan fingerprint density at radius 1 is 1.59 bits per heavy atom. The molecule has 0 bridgehead atoms. The van der Waals surface area contributed by atoms with Crippen LogP contribution in [0.25, 0.3) is 0 Å². The molecule has 92 valence electrons. The van der Waals surface area contributed by atoms with Crippen molar-refractivity contribution in [3.05, 3.63) is 18.0 Å². The summed E-state index contributed by atoms with van der Waals surface area (Å²) in [6.07, 6.45) is 4.93. The van der Waals surface area contributed by atoms with Gasteiger partial charge in [-0.1, -0.05) is 0 Å². The number of likely N-dealkylation sites (tertiary alicyclic amines) is 1. The number of aliphatic carboxylic acids is 1. The van der Waals surface area contributed by atoms with Gasteiger partial charge in [-0.05, 0) is 18.4 Å². The molecule has 1 aromatic rings. The third-order valence-electron chi connectivity index (χ3n) is 2.97. The molecule has 2 rings (SSSR count). The topological polar surface area (TPSA) is 75.4 Å². The monoisotopic (exact) mass is 237 g/mol. The standard InChI is InChI=1S/C11H15N3O3/c1-13-7-8(6-12-13)5-10(15)14-4-2-3-9(14)11(16)17/h6-7,9H,2-5H2,1H3,(H,16,17). The van der Waals surface area contributed by atoms with Crippen molar-refractivity contribution < 1.29 is 14.7 Å². The summed E-state index contributed by atoms with van der Waals surface area (Å²) in [7, 11) is 1.78. The molecule has 1 saturated heterocycles. The summed E-state index contributed by atoms with van der Waals surface area (Å²) in [5, 5.41) is 13.0. The fourth-order valence-corrected chi connectivity index (χ4v) is 2.16. The van der Waals surface area contributed by atoms with Crippen LogP contribution in [-0.2, 0) is 23.1 Å². The molecular weight excluding hydrogens is 222 g/mol. The number of hydrogen-bond donors (Lipinski definition) is 1. The van der Waals surface area contributed by atoms with Crippen LogP contribution in [0.3, 0.4) is 0 Å². The molecule has 1 fully saturated rings. The van der Waals surface area contributed by atoms with Gasteiger partial charge in [-0.15, -0.1) is 0 Å². The minimum Gasteiger partial charge on any atom is -0.480 e. The number of hydrogen-bond acceptors (Lipinski definition) is 3. The lowest BCUT2D eigenvalue weighted by Gasteiger charge is -2.20. The molecule has 1 N–H and O–H groups in total. The lowest BCUT2D eigenvalue weighted by atomic mass is 10.2. The van der Waals surface area contributed by atoms with Crippen LogP contribution in [0.15, 0.2) is 12.4 Å². The van der Waals surface area contributed by atoms with Crippen LogP contribution in [0.5, 0.6) is 0 Å². The number of carbonyl (C=O) groups is 2. The second-order valence-electron chi connectivity index (χ2n) is 4.28. The van der Waals surface area contributed by atoms with Crippen molar-refractivity contribution in [1.29, 1.82) is 0 Å². The summed E-state index contributed by atoms with van der Waals surface area (Å²) in [4.78, 5) is 24.4. The first-order chi connectivity index (χ1) is 8.08. The first-order valence-electron chi connectivity index (χ1n) is 5.57. The molecule has 1 unspecified atom stereocenters. The minimum absolute atomic E-state index is 0.136. The van der Waals surface area contributed by atoms with Crippen LogP contribution in [0.1, 0.15) is 18.4 Å². The summed E-state index contributed by atoms with van der Waals surface area (Å²) in [6.45, 7) is 0.538. The van der Waals surface area contributed by atoms with E-state index in [0.29, 0.717) is 13.0 Å². The zero-order valence-corrected chi connectivity index (χ0v) is 9.67. The molecule has 0 spiro atoms. The lowest BCUT2D eigenvalue weighted by molar-refractivity contribution is -0.148. The van der Waals surface area contributed by atoms with Gasteiger partial charge in [0.05, 0.1) is 12.6 Å². The Labute approximate surface area is 98.8 Å². The Bertz CT molecular complexity index is 441. The zero-order chi connectivity index (χ0) is 12.4. The van der Waals surface area contributed by atoms with Gasteiger partial charge in [0.2, 0.25) is 5.91 Å². The largest absolute Gasteiger partial charge is 0.480 e. The molecule has 1 aromatic heterocycles. The van der Waals surface area contributed by atoms with Gasteiger partial charge in [0, 0.05) is 19.8 Å². The highest BCUT2D eigenvalue weighted by Gasteiger charge is 2.33. The van der Waals surface area contributed by atoms with Crippen molar-refractivity contribution in [2.75, 3.05) is 6.54 Å². The molecule has 2 heterocycles. The van der Waals surface area contributed by atoms with Crippen LogP contribution < -0.4 is 0 Å². The lowest BCUT2D eigenvalue weighted by Crippen LogP contribution is -2.41. The van der Waals surface area contributed by atoms with E-state index in [1.54, 1.807) is 24.1 Å². The van der Waals surface area contributed by atoms with Gasteiger partial charge in [-0.25, -0.2) is 4.79 Å². The second kappa shape index (κ2) is 4.57. The van der Waals surface area contributed by atoms with E-state index in [-0.39, 0.29) is 12.3 Å². The minimum atomic E-state index is -0.915. The van der Waals surface area contributed by atoms with E-state index in [4.69, 9.17) is 5.11 Å². The Kier molecular flexibility index (Phi) is 3.12. The van der Waals surface area contributed by atoms with E-state index in [1.807, 2.05) is 0 Å². The van der Waals surface area contributed by atoms with Crippen molar-refractivity contribution in [1.82, 2.24) is 14.7 Å². The van der Waals surface area contributed by atoms with Crippen molar-refractivity contribution >= 4 is 11.9 Å². The van der Waals surface area contributed by atoms with Crippen LogP contribution in [0, 0.1) is 0 Å². The smallest absolute Gasteiger partial charge is 0.326 e. The first kappa shape index (κ1) is 11.6. The first-order valence-corrected chi connectivity index (χ1v) is 5.57. The molecule has 0 radical (unpaired) electrons. The fraction of sp³-hybridized carbons (Fsp3) is 0.545. The summed E-state index contributed by atoms with van der Waals surface area (Å²) in [5.41, 5.74) is 0.813. The van der Waals surface area contributed by atoms with E-state index in [1.165, 1.54) is 4.90 Å². The maximum Gasteiger partial charge on any atom is 0.326 e. The maximum absolute atomic E-state index is 12.0. The van der Waals surface area contributed by atoms with Gasteiger partial charge >= 0.3 is 5.97 Å². The molecule has 1 aliphatic heterocycles. The number of rotatable bonds is 3. The van der Waals surface area contributed by atoms with Gasteiger partial charge in [-0.2, -0.15) is 5.10 Å². The third kappa shape index (κ3) is 2.46. The van der Waals surface area contributed by atoms with E-state index < -0.39 is 12.0 Å². The number of aryl methyl sites for hydroxylation is 1. The molecule has 0 saturated carbocycles. The number of amides is 1. The highest BCUT2D eigenvalue weighted by atomic mass is 16.4. The van der Waals surface area contributed by atoms with Crippen LogP contribution in [0.4, 0.5) is 0 Å². The Morgan fingerprint density at radius 2 is 2.35 bits per heavy atom. The van der Waals surface area contributed by atoms with E-state index in [0.717, 1.165) is 12.0 Å². The van der Waals surface area contributed by atoms with Gasteiger partial charge in [0.15, 0.2) is 0 Å². The van der Waals surface area contributed by atoms with Crippen molar-refractivity contribution in [3.8, 4) is 0 Å². The van der Waals surface area contributed by atoms with Crippen LogP contribution in [0.2, 0.25) is 0 Å². The summed E-state index contributed by atoms with van der Waals surface area (Å²) in [5.74, 6) is -1.05. The van der Waals surface area contributed by atoms with Gasteiger partial charge in [0.1, 0.15) is 6.04 Å². The highest BCUT2D eigenvalue weighted by Crippen LogP contribution is 2.18. The quantitative estimate of drug-likeness (QED) is 0.805. The molecule has 0 aromatic carbocycles. The van der Waals surface area contributed by atoms with Gasteiger partial charge in [-0.3, -0.25) is 9.48 Å². The van der Waals surface area contributed by atoms with Gasteiger partial charge < -0.3 is 10.0 Å². The van der Waals surface area contributed by atoms with E-state index in [2.05, 4.69) is 5.10 Å². The molecule has 0 aliphatic carbocycles. The fourth-order valence-electron chi connectivity index (χ4n) is 2.16. The Morgan fingerprint density at radius 3 is 2.94 bits per heavy atom. The molecular formula is C11H15N3O3. The number of aromatic nitrogens is 2. The van der Waals surface area contributed by atoms with Crippen molar-refractivity contribution in [3.63, 3.8) is 0 Å². The molecule has 6 nitrogen and oxygen atoms in total. The molecule has 1 aliphatic rings. The SMILES string of the molecule is Cn1cc(CC(=O)N2CCCC2C(=O)O)cn1. The Hall–Kier alpha value is -1.85. The second-order valence-corrected chi connectivity index (χ2v) is 4.28. The predicted octanol–water partition coefficient (Wildman–Crippen LogP) is 0.0382. The number of carboxylic acids is 1. The van der Waals surface area contributed by atoms with E-state index in [9.17, 15) is 9.59 Å². The van der Waals surface area contributed by atoms with Gasteiger partial charge in [0.25, 0.3) is 0 Å². The molecule has 1 atom stereocenters. The zero-order valence-electron chi connectivity index (χ0n) is 9.67. The summed E-state index contributed by atoms with van der Waals surface area (Å²) < 4.78 is 1.63. The number of carboxylic acid groups (broad SMARTS) is 1. The maximum atomic E-state index is 12.0. The summed E-state index contributed by atoms with van der Waals surface area (Å²) in [6, 6.07) is -0.654. The number of carbonyl (C=O) groups excluding carboxylic acids is 1. The highest BCUT2D eigenvalue weighted by molar-refractivity contribution is 5.85. The van der Waals surface area contributed by atoms with Crippen molar-refractivity contribution in [2.24, 2.45) is 7.05 Å². The van der Waals surface area contributed by atoms with E-state index >= 15 is 0 Å². The average Bonchev–Trinajstić information content (AvgIpc) is 2.86. The Balaban J connectivity index is 2.02. The van der Waals surface area contributed by atoms with Crippen LogP contribution >= 0.6 is 0 Å².